The number of rotatable bonds is 2. The van der Waals surface area contributed by atoms with Gasteiger partial charge in [0.05, 0.1) is 10.2 Å². The molecule has 0 rings (SSSR count). The van der Waals surface area contributed by atoms with E-state index in [1.807, 2.05) is 5.70 Å². The first-order valence-electron chi connectivity index (χ1n) is 2.24. The Labute approximate surface area is 42.7 Å². The van der Waals surface area contributed by atoms with E-state index in [1.54, 1.807) is 0 Å². The van der Waals surface area contributed by atoms with Gasteiger partial charge in [0.2, 0.25) is 0 Å². The summed E-state index contributed by atoms with van der Waals surface area (Å²) in [6.45, 7) is 2.16. The second kappa shape index (κ2) is 4.96. The first-order chi connectivity index (χ1) is 2.91. The highest BCUT2D eigenvalue weighted by atomic mass is 28.1. The fraction of sp³-hybridized carbons (Fsp3) is 0.600. The molecule has 0 spiro atoms. The molecule has 0 amide bonds. The Bertz CT molecular complexity index is 39.2. The Morgan fingerprint density at radius 3 is 2.50 bits per heavy atom. The van der Waals surface area contributed by atoms with Crippen LogP contribution in [-0.2, 0) is 0 Å². The molecule has 0 atom stereocenters. The molecule has 1 heteroatoms. The number of hydrogen-bond donors (Lipinski definition) is 0. The van der Waals surface area contributed by atoms with E-state index < -0.39 is 0 Å². The molecule has 0 bridgehead atoms. The molecule has 0 aromatic heterocycles. The van der Waals surface area contributed by atoms with E-state index >= 15 is 0 Å². The van der Waals surface area contributed by atoms with Gasteiger partial charge in [0.25, 0.3) is 0 Å². The van der Waals surface area contributed by atoms with Gasteiger partial charge < -0.3 is 0 Å². The van der Waals surface area contributed by atoms with E-state index in [4.69, 9.17) is 0 Å². The van der Waals surface area contributed by atoms with Crippen LogP contribution in [0.15, 0.2) is 11.8 Å². The van der Waals surface area contributed by atoms with Crippen molar-refractivity contribution in [1.82, 2.24) is 0 Å². The average molecular weight is 97.2 g/mol. The lowest BCUT2D eigenvalue weighted by Crippen LogP contribution is -1.58. The van der Waals surface area contributed by atoms with Crippen LogP contribution in [0.5, 0.6) is 0 Å². The van der Waals surface area contributed by atoms with Crippen LogP contribution in [0.1, 0.15) is 19.8 Å². The quantitative estimate of drug-likeness (QED) is 0.458. The van der Waals surface area contributed by atoms with Gasteiger partial charge in [0, 0.05) is 0 Å². The molecule has 0 fully saturated rings. The molecular formula is C5H9Si. The predicted molar refractivity (Wildman–Crippen MR) is 29.8 cm³/mol. The maximum absolute atomic E-state index is 3.21. The second-order valence-electron chi connectivity index (χ2n) is 1.19. The number of hydrogen-bond acceptors (Lipinski definition) is 0. The van der Waals surface area contributed by atoms with Crippen LogP contribution < -0.4 is 0 Å². The second-order valence-corrected chi connectivity index (χ2v) is 1.52. The molecule has 0 nitrogen and oxygen atoms in total. The van der Waals surface area contributed by atoms with Crippen molar-refractivity contribution in [1.29, 1.82) is 0 Å². The molecule has 0 saturated heterocycles. The minimum atomic E-state index is 1.18. The van der Waals surface area contributed by atoms with Gasteiger partial charge in [-0.05, 0) is 6.42 Å². The third-order valence-electron chi connectivity index (χ3n) is 0.573. The Kier molecular flexibility index (Phi) is 4.92. The van der Waals surface area contributed by atoms with E-state index in [9.17, 15) is 0 Å². The topological polar surface area (TPSA) is 0 Å². The van der Waals surface area contributed by atoms with Crippen molar-refractivity contribution in [2.75, 3.05) is 0 Å². The van der Waals surface area contributed by atoms with Crippen molar-refractivity contribution in [3.8, 4) is 0 Å². The van der Waals surface area contributed by atoms with Crippen molar-refractivity contribution in [3.05, 3.63) is 11.8 Å². The number of unbranched alkanes of at least 4 members (excludes halogenated alkanes) is 1. The first-order valence-corrected chi connectivity index (χ1v) is 2.81. The maximum Gasteiger partial charge on any atom is 0.0596 e. The Morgan fingerprint density at radius 2 is 2.33 bits per heavy atom. The highest BCUT2D eigenvalue weighted by Crippen LogP contribution is 1.84. The fourth-order valence-corrected chi connectivity index (χ4v) is 0.417. The molecule has 0 N–H and O–H groups in total. The average Bonchev–Trinajstić information content (AvgIpc) is 1.61. The molecule has 0 saturated carbocycles. The molecule has 0 aromatic rings. The van der Waals surface area contributed by atoms with Crippen molar-refractivity contribution in [2.24, 2.45) is 0 Å². The van der Waals surface area contributed by atoms with Gasteiger partial charge in [-0.15, -0.1) is 5.70 Å². The summed E-state index contributed by atoms with van der Waals surface area (Å²) in [6.07, 6.45) is 4.52. The predicted octanol–water partition coefficient (Wildman–Crippen LogP) is 1.47. The third-order valence-corrected chi connectivity index (χ3v) is 0.809. The standard InChI is InChI=1S/C5H9Si/c1-2-3-4-5-6/h4-5H,2-3H2,1H3. The van der Waals surface area contributed by atoms with Crippen molar-refractivity contribution >= 4 is 10.2 Å². The van der Waals surface area contributed by atoms with Crippen LogP contribution in [0.3, 0.4) is 0 Å². The normalized spacial score (nSPS) is 10.3. The third kappa shape index (κ3) is 3.96. The molecule has 0 aliphatic carbocycles. The number of allylic oxidation sites excluding steroid dienone is 1. The van der Waals surface area contributed by atoms with Crippen molar-refractivity contribution < 1.29 is 0 Å². The summed E-state index contributed by atoms with van der Waals surface area (Å²) in [7, 11) is 3.21. The van der Waals surface area contributed by atoms with Crippen molar-refractivity contribution in [3.63, 3.8) is 0 Å². The minimum absolute atomic E-state index is 1.18. The van der Waals surface area contributed by atoms with Crippen LogP contribution in [0.25, 0.3) is 0 Å². The minimum Gasteiger partial charge on any atom is -0.106 e. The van der Waals surface area contributed by atoms with Crippen LogP contribution in [0, 0.1) is 0 Å². The summed E-state index contributed by atoms with van der Waals surface area (Å²) >= 11 is 0. The summed E-state index contributed by atoms with van der Waals surface area (Å²) in [4.78, 5) is 0. The molecule has 0 aliphatic rings. The Balaban J connectivity index is 2.66. The molecule has 0 unspecified atom stereocenters. The summed E-state index contributed by atoms with van der Waals surface area (Å²) < 4.78 is 0. The largest absolute Gasteiger partial charge is 0.106 e. The molecule has 0 heterocycles. The maximum atomic E-state index is 3.21. The van der Waals surface area contributed by atoms with E-state index in [1.165, 1.54) is 12.8 Å². The lowest BCUT2D eigenvalue weighted by Gasteiger charge is -1.76. The molecule has 33 valence electrons. The van der Waals surface area contributed by atoms with Crippen LogP contribution in [0.4, 0.5) is 0 Å². The van der Waals surface area contributed by atoms with E-state index in [2.05, 4.69) is 23.2 Å². The summed E-state index contributed by atoms with van der Waals surface area (Å²) in [5.41, 5.74) is 1.89. The first kappa shape index (κ1) is 5.96. The van der Waals surface area contributed by atoms with Gasteiger partial charge >= 0.3 is 0 Å². The van der Waals surface area contributed by atoms with Gasteiger partial charge in [0.15, 0.2) is 0 Å². The zero-order valence-electron chi connectivity index (χ0n) is 4.07. The molecule has 0 aromatic carbocycles. The summed E-state index contributed by atoms with van der Waals surface area (Å²) in [6, 6.07) is 0. The zero-order chi connectivity index (χ0) is 4.83. The van der Waals surface area contributed by atoms with Gasteiger partial charge in [0.1, 0.15) is 0 Å². The highest BCUT2D eigenvalue weighted by Gasteiger charge is 1.64. The van der Waals surface area contributed by atoms with E-state index in [0.29, 0.717) is 0 Å². The van der Waals surface area contributed by atoms with Gasteiger partial charge in [-0.3, -0.25) is 0 Å². The monoisotopic (exact) mass is 97.0 g/mol. The molecule has 6 heavy (non-hydrogen) atoms. The molecule has 0 aliphatic heterocycles. The smallest absolute Gasteiger partial charge is 0.0596 e. The van der Waals surface area contributed by atoms with Crippen LogP contribution >= 0.6 is 0 Å². The Hall–Kier alpha value is -0.0431. The van der Waals surface area contributed by atoms with E-state index in [0.717, 1.165) is 0 Å². The van der Waals surface area contributed by atoms with Crippen LogP contribution in [0.2, 0.25) is 0 Å². The zero-order valence-corrected chi connectivity index (χ0v) is 5.07. The summed E-state index contributed by atoms with van der Waals surface area (Å²) in [5.74, 6) is 0. The molecule has 3 radical (unpaired) electrons. The summed E-state index contributed by atoms with van der Waals surface area (Å²) in [5, 5.41) is 0. The molecular weight excluding hydrogens is 88.1 g/mol. The lowest BCUT2D eigenvalue weighted by atomic mass is 10.3. The van der Waals surface area contributed by atoms with Gasteiger partial charge in [-0.1, -0.05) is 19.4 Å². The Morgan fingerprint density at radius 1 is 1.67 bits per heavy atom. The fourth-order valence-electron chi connectivity index (χ4n) is 0.250. The SMILES string of the molecule is CCCC=C[Si]. The van der Waals surface area contributed by atoms with Gasteiger partial charge in [-0.25, -0.2) is 0 Å². The van der Waals surface area contributed by atoms with E-state index in [-0.39, 0.29) is 0 Å². The highest BCUT2D eigenvalue weighted by molar-refractivity contribution is 6.16. The lowest BCUT2D eigenvalue weighted by molar-refractivity contribution is 0.960. The van der Waals surface area contributed by atoms with Crippen molar-refractivity contribution in [2.45, 2.75) is 19.8 Å². The van der Waals surface area contributed by atoms with Gasteiger partial charge in [-0.2, -0.15) is 0 Å². The van der Waals surface area contributed by atoms with Crippen LogP contribution in [-0.4, -0.2) is 10.2 Å².